The fourth-order valence-electron chi connectivity index (χ4n) is 3.64. The zero-order valence-corrected chi connectivity index (χ0v) is 16.0. The van der Waals surface area contributed by atoms with Crippen LogP contribution in [0.15, 0.2) is 6.20 Å². The lowest BCUT2D eigenvalue weighted by molar-refractivity contribution is 0.0445. The average molecular weight is 332 g/mol. The molecule has 1 aliphatic heterocycles. The first-order chi connectivity index (χ1) is 11.2. The second-order valence-electron chi connectivity index (χ2n) is 7.98. The van der Waals surface area contributed by atoms with Crippen molar-refractivity contribution in [1.82, 2.24) is 20.2 Å². The number of rotatable bonds is 5. The predicted octanol–water partition coefficient (Wildman–Crippen LogP) is 2.83. The molecule has 2 rings (SSSR count). The van der Waals surface area contributed by atoms with E-state index in [2.05, 4.69) is 47.9 Å². The van der Waals surface area contributed by atoms with Crippen molar-refractivity contribution in [2.45, 2.75) is 59.9 Å². The molecule has 1 amide bonds. The first kappa shape index (κ1) is 18.8. The molecule has 0 aliphatic carbocycles. The van der Waals surface area contributed by atoms with E-state index in [9.17, 15) is 4.79 Å². The van der Waals surface area contributed by atoms with Crippen LogP contribution in [0.1, 0.15) is 62.9 Å². The van der Waals surface area contributed by atoms with E-state index < -0.39 is 0 Å². The monoisotopic (exact) mass is 332 g/mol. The lowest BCUT2D eigenvalue weighted by atomic mass is 9.88. The number of amides is 1. The maximum atomic E-state index is 12.6. The molecule has 5 nitrogen and oxygen atoms in total. The van der Waals surface area contributed by atoms with E-state index in [0.29, 0.717) is 29.8 Å². The van der Waals surface area contributed by atoms with Gasteiger partial charge in [0.2, 0.25) is 0 Å². The number of hydrogen-bond donors (Lipinski definition) is 1. The molecule has 1 aromatic rings. The summed E-state index contributed by atoms with van der Waals surface area (Å²) < 4.78 is 0. The van der Waals surface area contributed by atoms with Gasteiger partial charge in [-0.3, -0.25) is 9.69 Å². The predicted molar refractivity (Wildman–Crippen MR) is 97.1 cm³/mol. The fourth-order valence-corrected chi connectivity index (χ4v) is 3.64. The lowest BCUT2D eigenvalue weighted by Crippen LogP contribution is -2.56. The molecule has 0 radical (unpaired) electrons. The normalized spacial score (nSPS) is 22.4. The topological polar surface area (TPSA) is 58.1 Å². The zero-order valence-electron chi connectivity index (χ0n) is 16.0. The molecule has 0 spiro atoms. The van der Waals surface area contributed by atoms with Gasteiger partial charge in [0.05, 0.1) is 11.3 Å². The molecular formula is C19H32N4O. The quantitative estimate of drug-likeness (QED) is 0.901. The summed E-state index contributed by atoms with van der Waals surface area (Å²) in [6.45, 7) is 15.7. The van der Waals surface area contributed by atoms with E-state index >= 15 is 0 Å². The van der Waals surface area contributed by atoms with Crippen LogP contribution in [0, 0.1) is 18.8 Å². The number of aryl methyl sites for hydroxylation is 2. The van der Waals surface area contributed by atoms with Gasteiger partial charge in [-0.05, 0) is 45.4 Å². The van der Waals surface area contributed by atoms with Crippen LogP contribution in [0.5, 0.6) is 0 Å². The number of hydrogen-bond acceptors (Lipinski definition) is 4. The van der Waals surface area contributed by atoms with Crippen LogP contribution in [0.4, 0.5) is 0 Å². The molecule has 5 heteroatoms. The van der Waals surface area contributed by atoms with E-state index in [1.54, 1.807) is 6.20 Å². The van der Waals surface area contributed by atoms with Crippen LogP contribution < -0.4 is 5.32 Å². The largest absolute Gasteiger partial charge is 0.350 e. The first-order valence-corrected chi connectivity index (χ1v) is 9.08. The van der Waals surface area contributed by atoms with Crippen LogP contribution in [0.25, 0.3) is 0 Å². The molecule has 2 heterocycles. The lowest BCUT2D eigenvalue weighted by Gasteiger charge is -2.45. The summed E-state index contributed by atoms with van der Waals surface area (Å²) in [5.74, 6) is 2.06. The van der Waals surface area contributed by atoms with Crippen molar-refractivity contribution in [3.05, 3.63) is 23.3 Å². The van der Waals surface area contributed by atoms with Crippen molar-refractivity contribution in [2.24, 2.45) is 11.8 Å². The second kappa shape index (κ2) is 7.60. The molecule has 0 aromatic carbocycles. The van der Waals surface area contributed by atoms with E-state index in [0.717, 1.165) is 25.2 Å². The summed E-state index contributed by atoms with van der Waals surface area (Å²) in [7, 11) is 0. The summed E-state index contributed by atoms with van der Waals surface area (Å²) in [6.07, 6.45) is 3.67. The molecule has 134 valence electrons. The Hall–Kier alpha value is -1.49. The van der Waals surface area contributed by atoms with Gasteiger partial charge in [0, 0.05) is 31.4 Å². The minimum atomic E-state index is -0.0713. The molecule has 0 saturated carbocycles. The van der Waals surface area contributed by atoms with E-state index in [4.69, 9.17) is 0 Å². The summed E-state index contributed by atoms with van der Waals surface area (Å²) in [5, 5.41) is 3.10. The maximum Gasteiger partial charge on any atom is 0.254 e. The van der Waals surface area contributed by atoms with Crippen molar-refractivity contribution >= 4 is 5.91 Å². The standard InChI is InChI=1S/C19H32N4O/c1-7-17-16(9-20-15(4)22-17)18(24)21-12-19(5,6)23-10-13(2)8-14(3)11-23/h9,13-14H,7-8,10-12H2,1-6H3,(H,21,24)/t13-,14-/m1/s1. The van der Waals surface area contributed by atoms with Gasteiger partial charge < -0.3 is 5.32 Å². The van der Waals surface area contributed by atoms with Crippen LogP contribution in [-0.2, 0) is 6.42 Å². The number of piperidine rings is 1. The van der Waals surface area contributed by atoms with Gasteiger partial charge in [0.25, 0.3) is 5.91 Å². The molecule has 0 unspecified atom stereocenters. The summed E-state index contributed by atoms with van der Waals surface area (Å²) in [4.78, 5) is 23.7. The summed E-state index contributed by atoms with van der Waals surface area (Å²) >= 11 is 0. The van der Waals surface area contributed by atoms with E-state index in [1.807, 2.05) is 13.8 Å². The number of nitrogens with zero attached hydrogens (tertiary/aromatic N) is 3. The molecule has 1 saturated heterocycles. The van der Waals surface area contributed by atoms with Gasteiger partial charge in [0.15, 0.2) is 0 Å². The molecule has 1 N–H and O–H groups in total. The number of nitrogens with one attached hydrogen (secondary N) is 1. The Morgan fingerprint density at radius 1 is 1.33 bits per heavy atom. The van der Waals surface area contributed by atoms with Crippen LogP contribution >= 0.6 is 0 Å². The van der Waals surface area contributed by atoms with Gasteiger partial charge in [-0.25, -0.2) is 9.97 Å². The van der Waals surface area contributed by atoms with Crippen molar-refractivity contribution in [1.29, 1.82) is 0 Å². The number of carbonyl (C=O) groups is 1. The SMILES string of the molecule is CCc1nc(C)ncc1C(=O)NCC(C)(C)N1C[C@H](C)C[C@@H](C)C1. The van der Waals surface area contributed by atoms with E-state index in [-0.39, 0.29) is 11.4 Å². The first-order valence-electron chi connectivity index (χ1n) is 9.08. The summed E-state index contributed by atoms with van der Waals surface area (Å²) in [6, 6.07) is 0. The molecule has 1 fully saturated rings. The smallest absolute Gasteiger partial charge is 0.254 e. The van der Waals surface area contributed by atoms with Crippen molar-refractivity contribution < 1.29 is 4.79 Å². The Morgan fingerprint density at radius 3 is 2.54 bits per heavy atom. The molecule has 2 atom stereocenters. The maximum absolute atomic E-state index is 12.6. The van der Waals surface area contributed by atoms with Crippen LogP contribution in [0.3, 0.4) is 0 Å². The highest BCUT2D eigenvalue weighted by molar-refractivity contribution is 5.95. The van der Waals surface area contributed by atoms with Gasteiger partial charge in [-0.1, -0.05) is 20.8 Å². The molecule has 0 bridgehead atoms. The Labute approximate surface area is 146 Å². The molecule has 1 aliphatic rings. The summed E-state index contributed by atoms with van der Waals surface area (Å²) in [5.41, 5.74) is 1.36. The van der Waals surface area contributed by atoms with E-state index in [1.165, 1.54) is 6.42 Å². The molecule has 24 heavy (non-hydrogen) atoms. The van der Waals surface area contributed by atoms with Crippen LogP contribution in [0.2, 0.25) is 0 Å². The Morgan fingerprint density at radius 2 is 1.96 bits per heavy atom. The Balaban J connectivity index is 2.02. The van der Waals surface area contributed by atoms with Gasteiger partial charge in [-0.2, -0.15) is 0 Å². The van der Waals surface area contributed by atoms with Gasteiger partial charge >= 0.3 is 0 Å². The zero-order chi connectivity index (χ0) is 17.9. The minimum Gasteiger partial charge on any atom is -0.350 e. The van der Waals surface area contributed by atoms with Crippen molar-refractivity contribution in [3.63, 3.8) is 0 Å². The highest BCUT2D eigenvalue weighted by Crippen LogP contribution is 2.26. The molecular weight excluding hydrogens is 300 g/mol. The highest BCUT2D eigenvalue weighted by Gasteiger charge is 2.33. The van der Waals surface area contributed by atoms with Gasteiger partial charge in [0.1, 0.15) is 5.82 Å². The number of aromatic nitrogens is 2. The van der Waals surface area contributed by atoms with Crippen molar-refractivity contribution in [3.8, 4) is 0 Å². The Kier molecular flexibility index (Phi) is 5.97. The molecule has 1 aromatic heterocycles. The second-order valence-corrected chi connectivity index (χ2v) is 7.98. The van der Waals surface area contributed by atoms with Gasteiger partial charge in [-0.15, -0.1) is 0 Å². The average Bonchev–Trinajstić information content (AvgIpc) is 2.51. The third kappa shape index (κ3) is 4.53. The third-order valence-corrected chi connectivity index (χ3v) is 4.97. The fraction of sp³-hybridized carbons (Fsp3) is 0.737. The number of likely N-dealkylation sites (tertiary alicyclic amines) is 1. The van der Waals surface area contributed by atoms with Crippen LogP contribution in [-0.4, -0.2) is 45.9 Å². The third-order valence-electron chi connectivity index (χ3n) is 4.97. The Bertz CT molecular complexity index is 575. The number of carbonyl (C=O) groups excluding carboxylic acids is 1. The van der Waals surface area contributed by atoms with Crippen molar-refractivity contribution in [2.75, 3.05) is 19.6 Å². The minimum absolute atomic E-state index is 0.0590. The highest BCUT2D eigenvalue weighted by atomic mass is 16.1.